The molecule has 0 fully saturated rings. The maximum atomic E-state index is 10.2. The molecule has 2 rings (SSSR count). The Kier molecular flexibility index (Phi) is 8.76. The van der Waals surface area contributed by atoms with Crippen LogP contribution in [0.5, 0.6) is 11.5 Å². The normalized spacial score (nSPS) is 12.6. The van der Waals surface area contributed by atoms with Crippen molar-refractivity contribution in [3.05, 3.63) is 41.3 Å². The lowest BCUT2D eigenvalue weighted by Crippen LogP contribution is -2.35. The monoisotopic (exact) mass is 391 g/mol. The van der Waals surface area contributed by atoms with Crippen molar-refractivity contribution < 1.29 is 19.1 Å². The maximum Gasteiger partial charge on any atom is 0.161 e. The Morgan fingerprint density at radius 2 is 1.89 bits per heavy atom. The van der Waals surface area contributed by atoms with E-state index in [0.29, 0.717) is 24.6 Å². The average molecular weight is 392 g/mol. The average Bonchev–Trinajstić information content (AvgIpc) is 3.09. The van der Waals surface area contributed by atoms with Crippen molar-refractivity contribution in [1.82, 2.24) is 15.0 Å². The molecule has 1 aromatic heterocycles. The topological polar surface area (TPSA) is 71.2 Å². The lowest BCUT2D eigenvalue weighted by Gasteiger charge is -2.22. The molecule has 0 saturated heterocycles. The summed E-state index contributed by atoms with van der Waals surface area (Å²) in [6, 6.07) is 7.81. The molecule has 0 saturated carbocycles. The van der Waals surface area contributed by atoms with Gasteiger partial charge in [0.1, 0.15) is 12.7 Å². The number of ether oxygens (including phenoxy) is 2. The zero-order valence-corrected chi connectivity index (χ0v) is 17.6. The molecule has 1 atom stereocenters. The summed E-state index contributed by atoms with van der Waals surface area (Å²) >= 11 is 0. The molecular weight excluding hydrogens is 358 g/mol. The Morgan fingerprint density at radius 3 is 2.50 bits per heavy atom. The summed E-state index contributed by atoms with van der Waals surface area (Å²) in [4.78, 5) is 4.31. The van der Waals surface area contributed by atoms with E-state index < -0.39 is 6.10 Å². The molecule has 0 aliphatic rings. The number of hydrogen-bond donors (Lipinski definition) is 1. The molecule has 0 unspecified atom stereocenters. The van der Waals surface area contributed by atoms with Gasteiger partial charge < -0.3 is 24.0 Å². The van der Waals surface area contributed by atoms with E-state index >= 15 is 0 Å². The van der Waals surface area contributed by atoms with E-state index in [1.54, 1.807) is 7.11 Å². The predicted molar refractivity (Wildman–Crippen MR) is 109 cm³/mol. The van der Waals surface area contributed by atoms with E-state index in [-0.39, 0.29) is 6.61 Å². The molecule has 7 nitrogen and oxygen atoms in total. The minimum atomic E-state index is -0.541. The first-order valence-electron chi connectivity index (χ1n) is 9.76. The quantitative estimate of drug-likeness (QED) is 0.596. The third-order valence-corrected chi connectivity index (χ3v) is 4.58. The van der Waals surface area contributed by atoms with Gasteiger partial charge in [0.05, 0.1) is 19.3 Å². The standard InChI is InChI=1S/C21H33N3O4/c1-6-24(7-2)13-18(25)15-27-20-9-8-17(11-21(20)26-5)12-23(4)14-19-10-16(3)22-28-19/h8-11,18,25H,6-7,12-15H2,1-5H3/t18-/m0/s1. The highest BCUT2D eigenvalue weighted by Gasteiger charge is 2.13. The number of likely N-dealkylation sites (N-methyl/N-ethyl adjacent to an activating group) is 1. The van der Waals surface area contributed by atoms with E-state index in [1.165, 1.54) is 0 Å². The van der Waals surface area contributed by atoms with Gasteiger partial charge >= 0.3 is 0 Å². The number of aromatic nitrogens is 1. The fourth-order valence-electron chi connectivity index (χ4n) is 3.07. The minimum absolute atomic E-state index is 0.233. The summed E-state index contributed by atoms with van der Waals surface area (Å²) in [5.41, 5.74) is 1.99. The van der Waals surface area contributed by atoms with E-state index in [9.17, 15) is 5.11 Å². The van der Waals surface area contributed by atoms with Crippen molar-refractivity contribution in [3.63, 3.8) is 0 Å². The van der Waals surface area contributed by atoms with Gasteiger partial charge in [-0.2, -0.15) is 0 Å². The summed E-state index contributed by atoms with van der Waals surface area (Å²) in [7, 11) is 3.65. The van der Waals surface area contributed by atoms with E-state index in [2.05, 4.69) is 28.8 Å². The molecule has 1 N–H and O–H groups in total. The number of aliphatic hydroxyl groups excluding tert-OH is 1. The van der Waals surface area contributed by atoms with Gasteiger partial charge in [0.25, 0.3) is 0 Å². The van der Waals surface area contributed by atoms with Crippen LogP contribution in [-0.4, -0.2) is 66.6 Å². The van der Waals surface area contributed by atoms with Crippen LogP contribution in [0.4, 0.5) is 0 Å². The Hall–Kier alpha value is -2.09. The molecule has 0 bridgehead atoms. The molecule has 156 valence electrons. The van der Waals surface area contributed by atoms with Gasteiger partial charge in [-0.15, -0.1) is 0 Å². The van der Waals surface area contributed by atoms with Crippen molar-refractivity contribution in [1.29, 1.82) is 0 Å². The van der Waals surface area contributed by atoms with Gasteiger partial charge in [0.15, 0.2) is 17.3 Å². The molecule has 2 aromatic rings. The van der Waals surface area contributed by atoms with Crippen molar-refractivity contribution in [2.24, 2.45) is 0 Å². The maximum absolute atomic E-state index is 10.2. The Morgan fingerprint density at radius 1 is 1.14 bits per heavy atom. The summed E-state index contributed by atoms with van der Waals surface area (Å²) in [6.07, 6.45) is -0.541. The van der Waals surface area contributed by atoms with Gasteiger partial charge in [-0.1, -0.05) is 25.1 Å². The van der Waals surface area contributed by atoms with E-state index in [4.69, 9.17) is 14.0 Å². The van der Waals surface area contributed by atoms with E-state index in [1.807, 2.05) is 38.2 Å². The van der Waals surface area contributed by atoms with Crippen LogP contribution in [-0.2, 0) is 13.1 Å². The second kappa shape index (κ2) is 11.0. The Balaban J connectivity index is 1.91. The van der Waals surface area contributed by atoms with Crippen LogP contribution in [0.2, 0.25) is 0 Å². The van der Waals surface area contributed by atoms with Crippen molar-refractivity contribution >= 4 is 0 Å². The van der Waals surface area contributed by atoms with Gasteiger partial charge in [0, 0.05) is 19.2 Å². The van der Waals surface area contributed by atoms with Crippen molar-refractivity contribution in [2.75, 3.05) is 40.4 Å². The first kappa shape index (κ1) is 22.2. The highest BCUT2D eigenvalue weighted by atomic mass is 16.5. The van der Waals surface area contributed by atoms with Crippen LogP contribution < -0.4 is 9.47 Å². The molecule has 1 heterocycles. The van der Waals surface area contributed by atoms with Crippen LogP contribution in [0.25, 0.3) is 0 Å². The highest BCUT2D eigenvalue weighted by Crippen LogP contribution is 2.28. The highest BCUT2D eigenvalue weighted by molar-refractivity contribution is 5.43. The number of benzene rings is 1. The third kappa shape index (κ3) is 6.82. The fraction of sp³-hybridized carbons (Fsp3) is 0.571. The predicted octanol–water partition coefficient (Wildman–Crippen LogP) is 2.71. The van der Waals surface area contributed by atoms with Crippen LogP contribution in [0.3, 0.4) is 0 Å². The number of rotatable bonds is 12. The van der Waals surface area contributed by atoms with Gasteiger partial charge in [-0.25, -0.2) is 0 Å². The van der Waals surface area contributed by atoms with Gasteiger partial charge in [-0.05, 0) is 44.8 Å². The largest absolute Gasteiger partial charge is 0.493 e. The fourth-order valence-corrected chi connectivity index (χ4v) is 3.07. The van der Waals surface area contributed by atoms with Crippen LogP contribution >= 0.6 is 0 Å². The molecule has 0 radical (unpaired) electrons. The molecule has 7 heteroatoms. The van der Waals surface area contributed by atoms with E-state index in [0.717, 1.165) is 36.7 Å². The molecular formula is C21H33N3O4. The first-order chi connectivity index (χ1) is 13.4. The molecule has 0 aliphatic carbocycles. The smallest absolute Gasteiger partial charge is 0.161 e. The summed E-state index contributed by atoms with van der Waals surface area (Å²) < 4.78 is 16.6. The minimum Gasteiger partial charge on any atom is -0.493 e. The Labute approximate surface area is 167 Å². The summed E-state index contributed by atoms with van der Waals surface area (Å²) in [5, 5.41) is 14.1. The van der Waals surface area contributed by atoms with Gasteiger partial charge in [-0.3, -0.25) is 4.90 Å². The number of hydrogen-bond acceptors (Lipinski definition) is 7. The van der Waals surface area contributed by atoms with Crippen LogP contribution in [0, 0.1) is 6.92 Å². The lowest BCUT2D eigenvalue weighted by molar-refractivity contribution is 0.0705. The van der Waals surface area contributed by atoms with Crippen molar-refractivity contribution in [2.45, 2.75) is 40.0 Å². The third-order valence-electron chi connectivity index (χ3n) is 4.58. The molecule has 1 aromatic carbocycles. The van der Waals surface area contributed by atoms with Crippen molar-refractivity contribution in [3.8, 4) is 11.5 Å². The zero-order chi connectivity index (χ0) is 20.5. The SMILES string of the molecule is CCN(CC)C[C@H](O)COc1ccc(CN(C)Cc2cc(C)no2)cc1OC. The summed E-state index contributed by atoms with van der Waals surface area (Å²) in [6.45, 7) is 10.1. The summed E-state index contributed by atoms with van der Waals surface area (Å²) in [5.74, 6) is 2.14. The molecule has 0 amide bonds. The van der Waals surface area contributed by atoms with Crippen LogP contribution in [0.1, 0.15) is 30.9 Å². The zero-order valence-electron chi connectivity index (χ0n) is 17.6. The first-order valence-corrected chi connectivity index (χ1v) is 9.76. The Bertz CT molecular complexity index is 715. The van der Waals surface area contributed by atoms with Crippen LogP contribution in [0.15, 0.2) is 28.8 Å². The number of aryl methyl sites for hydroxylation is 1. The second-order valence-corrected chi connectivity index (χ2v) is 7.04. The molecule has 0 spiro atoms. The second-order valence-electron chi connectivity index (χ2n) is 7.04. The number of methoxy groups -OCH3 is 1. The molecule has 0 aliphatic heterocycles. The lowest BCUT2D eigenvalue weighted by atomic mass is 10.2. The number of aliphatic hydroxyl groups is 1. The van der Waals surface area contributed by atoms with Gasteiger partial charge in [0.2, 0.25) is 0 Å². The molecule has 28 heavy (non-hydrogen) atoms. The number of nitrogens with zero attached hydrogens (tertiary/aromatic N) is 3.